The van der Waals surface area contributed by atoms with Crippen molar-refractivity contribution >= 4 is 5.82 Å². The predicted molar refractivity (Wildman–Crippen MR) is 118 cm³/mol. The van der Waals surface area contributed by atoms with Crippen molar-refractivity contribution in [3.8, 4) is 28.6 Å². The van der Waals surface area contributed by atoms with Crippen molar-refractivity contribution in [1.82, 2.24) is 24.1 Å². The van der Waals surface area contributed by atoms with Gasteiger partial charge in [0.25, 0.3) is 5.56 Å². The summed E-state index contributed by atoms with van der Waals surface area (Å²) in [5, 5.41) is 14.4. The van der Waals surface area contributed by atoms with Crippen LogP contribution in [0.4, 0.5) is 10.2 Å². The maximum atomic E-state index is 14.3. The first-order chi connectivity index (χ1) is 15.8. The summed E-state index contributed by atoms with van der Waals surface area (Å²) in [5.41, 5.74) is 9.74. The first-order valence-electron chi connectivity index (χ1n) is 10.2. The van der Waals surface area contributed by atoms with E-state index < -0.39 is 11.9 Å². The molecule has 5 rings (SSSR count). The third-order valence-electron chi connectivity index (χ3n) is 5.89. The highest BCUT2D eigenvalue weighted by molar-refractivity contribution is 5.74. The van der Waals surface area contributed by atoms with Crippen molar-refractivity contribution in [2.24, 2.45) is 14.1 Å². The number of nitrogens with zero attached hydrogens (tertiary/aromatic N) is 6. The molecule has 2 bridgehead atoms. The number of hydrogen-bond acceptors (Lipinski definition) is 6. The second-order valence-corrected chi connectivity index (χ2v) is 7.96. The molecule has 33 heavy (non-hydrogen) atoms. The zero-order valence-electron chi connectivity index (χ0n) is 18.2. The monoisotopic (exact) mass is 445 g/mol. The number of halogens is 1. The van der Waals surface area contributed by atoms with Crippen LogP contribution in [0, 0.1) is 17.1 Å². The van der Waals surface area contributed by atoms with Gasteiger partial charge in [-0.15, -0.1) is 0 Å². The number of pyridine rings is 1. The first kappa shape index (κ1) is 20.5. The normalized spacial score (nSPS) is 14.7. The van der Waals surface area contributed by atoms with Gasteiger partial charge in [0.2, 0.25) is 0 Å². The summed E-state index contributed by atoms with van der Waals surface area (Å²) in [7, 11) is 3.32. The van der Waals surface area contributed by atoms with Crippen molar-refractivity contribution in [2.45, 2.75) is 19.4 Å². The topological polar surface area (TPSA) is 117 Å². The Hall–Kier alpha value is -4.39. The fraction of sp³-hybridized carbons (Fsp3) is 0.217. The lowest BCUT2D eigenvalue weighted by Gasteiger charge is -2.23. The van der Waals surface area contributed by atoms with Crippen LogP contribution < -0.4 is 16.0 Å². The van der Waals surface area contributed by atoms with Gasteiger partial charge in [-0.3, -0.25) is 14.2 Å². The minimum atomic E-state index is -0.622. The summed E-state index contributed by atoms with van der Waals surface area (Å²) in [6, 6.07) is 9.74. The molecule has 1 unspecified atom stereocenters. The molecule has 0 radical (unpaired) electrons. The van der Waals surface area contributed by atoms with Crippen LogP contribution >= 0.6 is 0 Å². The Morgan fingerprint density at radius 1 is 1.27 bits per heavy atom. The van der Waals surface area contributed by atoms with Crippen molar-refractivity contribution in [3.63, 3.8) is 0 Å². The van der Waals surface area contributed by atoms with Crippen molar-refractivity contribution < 1.29 is 9.13 Å². The van der Waals surface area contributed by atoms with E-state index in [0.29, 0.717) is 45.2 Å². The van der Waals surface area contributed by atoms with E-state index >= 15 is 0 Å². The molecular formula is C23H20FN7O2. The van der Waals surface area contributed by atoms with Crippen LogP contribution in [0.5, 0.6) is 5.75 Å². The Kier molecular flexibility index (Phi) is 4.56. The molecule has 2 N–H and O–H groups in total. The first-order valence-corrected chi connectivity index (χ1v) is 10.2. The number of rotatable bonds is 0. The number of ether oxygens (including phenoxy) is 1. The SMILES string of the molecule is CC1Oc2cc(cnc2N)-c2c(nn(C)c2C#N)Cc2cc(=O)n(C)n2-c2ccc(F)cc21. The minimum Gasteiger partial charge on any atom is -0.482 e. The van der Waals surface area contributed by atoms with Gasteiger partial charge in [-0.05, 0) is 31.2 Å². The lowest BCUT2D eigenvalue weighted by Crippen LogP contribution is -2.21. The molecule has 3 aromatic heterocycles. The zero-order valence-corrected chi connectivity index (χ0v) is 18.2. The Labute approximate surface area is 188 Å². The molecule has 0 aliphatic carbocycles. The molecule has 0 amide bonds. The second kappa shape index (κ2) is 7.34. The Balaban J connectivity index is 1.88. The molecule has 1 atom stereocenters. The highest BCUT2D eigenvalue weighted by Crippen LogP contribution is 2.36. The Morgan fingerprint density at radius 2 is 2.06 bits per heavy atom. The average Bonchev–Trinajstić information content (AvgIpc) is 3.24. The molecule has 0 fully saturated rings. The molecule has 1 aliphatic heterocycles. The van der Waals surface area contributed by atoms with Crippen LogP contribution in [0.15, 0.2) is 41.3 Å². The summed E-state index contributed by atoms with van der Waals surface area (Å²) in [6.45, 7) is 1.77. The highest BCUT2D eigenvalue weighted by atomic mass is 19.1. The minimum absolute atomic E-state index is 0.165. The van der Waals surface area contributed by atoms with E-state index in [0.717, 1.165) is 0 Å². The van der Waals surface area contributed by atoms with Crippen LogP contribution in [-0.4, -0.2) is 24.1 Å². The van der Waals surface area contributed by atoms with Gasteiger partial charge < -0.3 is 10.5 Å². The Morgan fingerprint density at radius 3 is 2.82 bits per heavy atom. The highest BCUT2D eigenvalue weighted by Gasteiger charge is 2.25. The average molecular weight is 445 g/mol. The molecule has 0 saturated carbocycles. The smallest absolute Gasteiger partial charge is 0.266 e. The summed E-state index contributed by atoms with van der Waals surface area (Å²) < 4.78 is 25.1. The van der Waals surface area contributed by atoms with Crippen LogP contribution in [0.3, 0.4) is 0 Å². The van der Waals surface area contributed by atoms with E-state index in [1.807, 2.05) is 0 Å². The molecule has 0 spiro atoms. The van der Waals surface area contributed by atoms with E-state index in [1.165, 1.54) is 27.6 Å². The molecule has 4 aromatic rings. The number of fused-ring (bicyclic) bond motifs is 7. The van der Waals surface area contributed by atoms with E-state index in [4.69, 9.17) is 10.5 Å². The van der Waals surface area contributed by atoms with E-state index in [2.05, 4.69) is 16.2 Å². The third kappa shape index (κ3) is 3.17. The van der Waals surface area contributed by atoms with Gasteiger partial charge >= 0.3 is 0 Å². The quantitative estimate of drug-likeness (QED) is 0.445. The number of benzene rings is 1. The van der Waals surface area contributed by atoms with Crippen LogP contribution in [0.25, 0.3) is 16.8 Å². The number of nitriles is 1. The largest absolute Gasteiger partial charge is 0.482 e. The molecule has 166 valence electrons. The molecule has 9 nitrogen and oxygen atoms in total. The fourth-order valence-corrected chi connectivity index (χ4v) is 4.32. The van der Waals surface area contributed by atoms with Gasteiger partial charge in [0.15, 0.2) is 11.6 Å². The molecular weight excluding hydrogens is 425 g/mol. The van der Waals surface area contributed by atoms with Crippen molar-refractivity contribution in [1.29, 1.82) is 5.26 Å². The summed E-state index contributed by atoms with van der Waals surface area (Å²) in [6.07, 6.45) is 1.20. The van der Waals surface area contributed by atoms with Gasteiger partial charge in [0.05, 0.1) is 17.1 Å². The molecule has 1 aliphatic rings. The summed E-state index contributed by atoms with van der Waals surface area (Å²) in [5.74, 6) is 0.0373. The van der Waals surface area contributed by atoms with Crippen molar-refractivity contribution in [3.05, 3.63) is 75.3 Å². The molecule has 0 saturated heterocycles. The second-order valence-electron chi connectivity index (χ2n) is 7.96. The lowest BCUT2D eigenvalue weighted by molar-refractivity contribution is 0.226. The van der Waals surface area contributed by atoms with Gasteiger partial charge in [0, 0.05) is 49.5 Å². The Bertz CT molecular complexity index is 1520. The molecule has 4 heterocycles. The zero-order chi connectivity index (χ0) is 23.4. The van der Waals surface area contributed by atoms with Crippen LogP contribution in [0.2, 0.25) is 0 Å². The number of aromatic nitrogens is 5. The van der Waals surface area contributed by atoms with Crippen molar-refractivity contribution in [2.75, 3.05) is 5.73 Å². The lowest BCUT2D eigenvalue weighted by atomic mass is 10.0. The van der Waals surface area contributed by atoms with Gasteiger partial charge in [-0.25, -0.2) is 14.1 Å². The number of nitrogens with two attached hydrogens (primary N) is 1. The van der Waals surface area contributed by atoms with E-state index in [9.17, 15) is 14.4 Å². The number of aryl methyl sites for hydroxylation is 1. The maximum absolute atomic E-state index is 14.3. The van der Waals surface area contributed by atoms with E-state index in [-0.39, 0.29) is 17.8 Å². The van der Waals surface area contributed by atoms with Gasteiger partial charge in [0.1, 0.15) is 23.7 Å². The molecule has 1 aromatic carbocycles. The van der Waals surface area contributed by atoms with E-state index in [1.54, 1.807) is 44.0 Å². The number of hydrogen-bond donors (Lipinski definition) is 1. The molecule has 10 heteroatoms. The number of anilines is 1. The van der Waals surface area contributed by atoms with Gasteiger partial charge in [-0.1, -0.05) is 0 Å². The summed E-state index contributed by atoms with van der Waals surface area (Å²) >= 11 is 0. The van der Waals surface area contributed by atoms with Crippen LogP contribution in [0.1, 0.15) is 35.7 Å². The third-order valence-corrected chi connectivity index (χ3v) is 5.89. The standard InChI is InChI=1S/C23H20FN7O2/c1-12-16-7-14(24)4-5-18(16)31-15(9-21(32)30(31)3)8-17-22(19(10-25)29(2)28-17)13-6-20(33-12)23(26)27-11-13/h4-7,9,11-12H,8H2,1-3H3,(H2,26,27). The number of nitrogen functional groups attached to an aromatic ring is 1. The fourth-order valence-electron chi connectivity index (χ4n) is 4.32. The predicted octanol–water partition coefficient (Wildman–Crippen LogP) is 2.61. The maximum Gasteiger partial charge on any atom is 0.266 e. The van der Waals surface area contributed by atoms with Crippen LogP contribution in [-0.2, 0) is 20.5 Å². The van der Waals surface area contributed by atoms with Gasteiger partial charge in [-0.2, -0.15) is 10.4 Å². The summed E-state index contributed by atoms with van der Waals surface area (Å²) in [4.78, 5) is 16.9.